The number of carbonyl (C=O) groups excluding carboxylic acids is 2. The fourth-order valence-corrected chi connectivity index (χ4v) is 3.11. The lowest BCUT2D eigenvalue weighted by atomic mass is 10.3. The number of ether oxygens (including phenoxy) is 2. The summed E-state index contributed by atoms with van der Waals surface area (Å²) in [5.74, 6) is -0.0407. The molecule has 0 bridgehead atoms. The van der Waals surface area contributed by atoms with Gasteiger partial charge in [-0.25, -0.2) is 4.79 Å². The highest BCUT2D eigenvalue weighted by Gasteiger charge is 2.18. The van der Waals surface area contributed by atoms with Gasteiger partial charge in [-0.05, 0) is 29.5 Å². The van der Waals surface area contributed by atoms with Gasteiger partial charge < -0.3 is 9.47 Å². The minimum absolute atomic E-state index is 0.189. The number of hydrogen-bond donors (Lipinski definition) is 0. The Bertz CT molecular complexity index is 384. The Balaban J connectivity index is 2.53. The van der Waals surface area contributed by atoms with E-state index in [1.807, 2.05) is 17.5 Å². The van der Waals surface area contributed by atoms with Crippen LogP contribution in [0.4, 0.5) is 0 Å². The fraction of sp³-hybridized carbons (Fsp3) is 0.500. The third-order valence-corrected chi connectivity index (χ3v) is 4.29. The number of carbonyl (C=O) groups is 2. The predicted molar refractivity (Wildman–Crippen MR) is 65.9 cm³/mol. The molecule has 0 N–H and O–H groups in total. The molecule has 1 rings (SSSR count). The van der Waals surface area contributed by atoms with Crippen molar-refractivity contribution in [3.05, 3.63) is 22.4 Å². The smallest absolute Gasteiger partial charge is 0.361 e. The normalized spacial score (nSPS) is 11.1. The van der Waals surface area contributed by atoms with Gasteiger partial charge in [0.2, 0.25) is 5.75 Å². The Labute approximate surface area is 104 Å². The minimum atomic E-state index is -0.225. The monoisotopic (exact) mass is 257 g/mol. The molecule has 0 spiro atoms. The van der Waals surface area contributed by atoms with Gasteiger partial charge in [-0.2, -0.15) is 0 Å². The number of methoxy groups -OCH3 is 1. The van der Waals surface area contributed by atoms with Gasteiger partial charge in [0.15, 0.2) is 4.88 Å². The molecule has 0 saturated carbocycles. The largest absolute Gasteiger partial charge is 0.469 e. The van der Waals surface area contributed by atoms with Crippen molar-refractivity contribution in [3.8, 4) is 0 Å². The molecule has 0 radical (unpaired) electrons. The van der Waals surface area contributed by atoms with Crippen molar-refractivity contribution in [1.82, 2.24) is 0 Å². The molecular formula is C12H17O4S+. The molecule has 0 aliphatic rings. The first kappa shape index (κ1) is 13.7. The van der Waals surface area contributed by atoms with Gasteiger partial charge in [0.1, 0.15) is 5.38 Å². The Morgan fingerprint density at radius 2 is 2.12 bits per heavy atom. The lowest BCUT2D eigenvalue weighted by molar-refractivity contribution is -0.141. The van der Waals surface area contributed by atoms with E-state index in [-0.39, 0.29) is 22.4 Å². The van der Waals surface area contributed by atoms with Crippen molar-refractivity contribution in [1.29, 1.82) is 0 Å². The molecular weight excluding hydrogens is 240 g/mol. The van der Waals surface area contributed by atoms with Crippen LogP contribution in [0, 0.1) is 0 Å². The van der Waals surface area contributed by atoms with Crippen molar-refractivity contribution in [2.75, 3.05) is 13.7 Å². The average molecular weight is 257 g/mol. The number of hydrogen-bond acceptors (Lipinski definition) is 4. The summed E-state index contributed by atoms with van der Waals surface area (Å²) in [5, 5.41) is 1.99. The van der Waals surface area contributed by atoms with E-state index in [0.29, 0.717) is 25.2 Å². The zero-order valence-electron chi connectivity index (χ0n) is 10.1. The Kier molecular flexibility index (Phi) is 5.69. The standard InChI is InChI=1S/C12H17O4S/c1-3-16-12(14)9-17-8-4-5-10(17)6-7-11(13)15-2/h4-5,8H,3,6-7,9H2,1-2H3/q+1. The van der Waals surface area contributed by atoms with Crippen LogP contribution in [-0.4, -0.2) is 25.7 Å². The van der Waals surface area contributed by atoms with E-state index >= 15 is 0 Å². The Morgan fingerprint density at radius 1 is 1.35 bits per heavy atom. The molecule has 4 nitrogen and oxygen atoms in total. The maximum Gasteiger partial charge on any atom is 0.361 e. The van der Waals surface area contributed by atoms with Gasteiger partial charge in [0, 0.05) is 6.42 Å². The molecule has 0 fully saturated rings. The summed E-state index contributed by atoms with van der Waals surface area (Å²) in [7, 11) is 1.16. The van der Waals surface area contributed by atoms with E-state index in [2.05, 4.69) is 4.74 Å². The molecule has 94 valence electrons. The van der Waals surface area contributed by atoms with Gasteiger partial charge >= 0.3 is 11.9 Å². The van der Waals surface area contributed by atoms with Crippen LogP contribution in [0.2, 0.25) is 0 Å². The van der Waals surface area contributed by atoms with Crippen LogP contribution in [0.3, 0.4) is 0 Å². The molecule has 1 unspecified atom stereocenters. The molecule has 0 amide bonds. The van der Waals surface area contributed by atoms with Gasteiger partial charge in [-0.3, -0.25) is 4.79 Å². The summed E-state index contributed by atoms with van der Waals surface area (Å²) in [6.07, 6.45) is 0.999. The van der Waals surface area contributed by atoms with Crippen molar-refractivity contribution in [2.24, 2.45) is 0 Å². The summed E-state index contributed by atoms with van der Waals surface area (Å²) in [5.41, 5.74) is 0. The first-order valence-electron chi connectivity index (χ1n) is 5.47. The molecule has 5 heteroatoms. The number of esters is 2. The van der Waals surface area contributed by atoms with Crippen LogP contribution in [0.25, 0.3) is 0 Å². The average Bonchev–Trinajstić information content (AvgIpc) is 2.73. The van der Waals surface area contributed by atoms with Crippen LogP contribution in [-0.2, 0) is 31.2 Å². The molecule has 1 aromatic rings. The molecule has 0 aliphatic heterocycles. The highest BCUT2D eigenvalue weighted by Crippen LogP contribution is 2.27. The van der Waals surface area contributed by atoms with Gasteiger partial charge in [0.25, 0.3) is 0 Å². The second-order valence-electron chi connectivity index (χ2n) is 3.42. The summed E-state index contributed by atoms with van der Waals surface area (Å²) < 4.78 is 9.50. The van der Waals surface area contributed by atoms with E-state index in [0.717, 1.165) is 4.88 Å². The number of rotatable bonds is 6. The van der Waals surface area contributed by atoms with Crippen molar-refractivity contribution in [3.63, 3.8) is 0 Å². The highest BCUT2D eigenvalue weighted by molar-refractivity contribution is 7.30. The SMILES string of the molecule is CCOC(=O)C[s+]1cccc1CCC(=O)OC. The molecule has 0 saturated heterocycles. The minimum Gasteiger partial charge on any atom is -0.469 e. The number of thiophene rings is 1. The zero-order valence-corrected chi connectivity index (χ0v) is 10.9. The maximum absolute atomic E-state index is 11.4. The number of aryl methyl sites for hydroxylation is 1. The Hall–Kier alpha value is -1.36. The van der Waals surface area contributed by atoms with Gasteiger partial charge in [0.05, 0.1) is 20.1 Å². The molecule has 1 atom stereocenters. The maximum atomic E-state index is 11.4. The molecule has 0 aliphatic carbocycles. The third kappa shape index (κ3) is 4.56. The van der Waals surface area contributed by atoms with Gasteiger partial charge in [-0.15, -0.1) is 0 Å². The second kappa shape index (κ2) is 7.06. The van der Waals surface area contributed by atoms with Crippen LogP contribution in [0.1, 0.15) is 18.2 Å². The predicted octanol–water partition coefficient (Wildman–Crippen LogP) is 2.10. The second-order valence-corrected chi connectivity index (χ2v) is 5.36. The van der Waals surface area contributed by atoms with Crippen molar-refractivity contribution >= 4 is 22.4 Å². The van der Waals surface area contributed by atoms with Crippen LogP contribution >= 0.6 is 10.5 Å². The summed E-state index contributed by atoms with van der Waals surface area (Å²) in [6, 6.07) is 3.89. The summed E-state index contributed by atoms with van der Waals surface area (Å²) in [6.45, 7) is 2.19. The fourth-order valence-electron chi connectivity index (χ4n) is 1.43. The Morgan fingerprint density at radius 3 is 2.76 bits per heavy atom. The van der Waals surface area contributed by atoms with E-state index in [1.54, 1.807) is 6.92 Å². The molecule has 1 heterocycles. The first-order valence-corrected chi connectivity index (χ1v) is 6.92. The third-order valence-electron chi connectivity index (χ3n) is 2.24. The van der Waals surface area contributed by atoms with E-state index in [1.165, 1.54) is 7.11 Å². The van der Waals surface area contributed by atoms with Gasteiger partial charge in [-0.1, -0.05) is 0 Å². The lowest BCUT2D eigenvalue weighted by Gasteiger charge is -1.98. The lowest BCUT2D eigenvalue weighted by Crippen LogP contribution is -2.05. The van der Waals surface area contributed by atoms with Crippen LogP contribution in [0.5, 0.6) is 0 Å². The van der Waals surface area contributed by atoms with E-state index < -0.39 is 0 Å². The first-order chi connectivity index (χ1) is 8.17. The summed E-state index contributed by atoms with van der Waals surface area (Å²) >= 11 is 0. The molecule has 17 heavy (non-hydrogen) atoms. The van der Waals surface area contributed by atoms with Crippen molar-refractivity contribution in [2.45, 2.75) is 25.5 Å². The van der Waals surface area contributed by atoms with Crippen molar-refractivity contribution < 1.29 is 19.1 Å². The van der Waals surface area contributed by atoms with Crippen LogP contribution in [0.15, 0.2) is 17.5 Å². The van der Waals surface area contributed by atoms with Crippen LogP contribution < -0.4 is 0 Å². The highest BCUT2D eigenvalue weighted by atomic mass is 32.2. The zero-order chi connectivity index (χ0) is 12.7. The van der Waals surface area contributed by atoms with E-state index in [4.69, 9.17) is 4.74 Å². The topological polar surface area (TPSA) is 52.6 Å². The quantitative estimate of drug-likeness (QED) is 0.578. The van der Waals surface area contributed by atoms with E-state index in [9.17, 15) is 9.59 Å². The summed E-state index contributed by atoms with van der Waals surface area (Å²) in [4.78, 5) is 23.5. The molecule has 0 aromatic carbocycles. The molecule has 1 aromatic heterocycles.